The maximum absolute atomic E-state index is 12.2. The van der Waals surface area contributed by atoms with Crippen LogP contribution in [0.15, 0.2) is 35.6 Å². The first kappa shape index (κ1) is 17.7. The molecular weight excluding hydrogens is 306 g/mol. The molecule has 8 heteroatoms. The molecule has 8 nitrogen and oxygen atoms in total. The van der Waals surface area contributed by atoms with E-state index >= 15 is 0 Å². The molecule has 3 N–H and O–H groups in total. The summed E-state index contributed by atoms with van der Waals surface area (Å²) >= 11 is 0. The van der Waals surface area contributed by atoms with Crippen LogP contribution >= 0.6 is 0 Å². The Hall–Kier alpha value is -2.64. The highest BCUT2D eigenvalue weighted by Crippen LogP contribution is 2.10. The van der Waals surface area contributed by atoms with Gasteiger partial charge in [0.1, 0.15) is 0 Å². The average molecular weight is 331 g/mol. The van der Waals surface area contributed by atoms with Gasteiger partial charge in [0.15, 0.2) is 5.96 Å². The normalized spacial score (nSPS) is 15.3. The number of carbonyl (C=O) groups is 1. The number of piperazine rings is 1. The zero-order chi connectivity index (χ0) is 17.4. The van der Waals surface area contributed by atoms with Crippen LogP contribution in [0.25, 0.3) is 0 Å². The van der Waals surface area contributed by atoms with Crippen molar-refractivity contribution in [1.82, 2.24) is 20.2 Å². The third-order valence-corrected chi connectivity index (χ3v) is 3.63. The predicted octanol–water partition coefficient (Wildman–Crippen LogP) is -0.00430. The summed E-state index contributed by atoms with van der Waals surface area (Å²) in [4.78, 5) is 28.8. The number of amides is 1. The number of hydrogen-bond acceptors (Lipinski definition) is 5. The average Bonchev–Trinajstić information content (AvgIpc) is 2.61. The molecule has 0 bridgehead atoms. The third kappa shape index (κ3) is 5.53. The standard InChI is InChI=1S/C16H25N7O/c1-13(2)12-21-15(17)18-7-4-14(24)22-8-10-23(11-9-22)16-19-5-3-6-20-16/h3,5-6H,1,4,7-12H2,2H3,(H3,17,18,21). The molecule has 1 aromatic rings. The molecule has 2 heterocycles. The summed E-state index contributed by atoms with van der Waals surface area (Å²) in [5, 5.41) is 2.95. The Morgan fingerprint density at radius 1 is 1.33 bits per heavy atom. The van der Waals surface area contributed by atoms with Gasteiger partial charge >= 0.3 is 0 Å². The van der Waals surface area contributed by atoms with E-state index < -0.39 is 0 Å². The lowest BCUT2D eigenvalue weighted by Crippen LogP contribution is -2.49. The number of aromatic nitrogens is 2. The van der Waals surface area contributed by atoms with Gasteiger partial charge in [0.2, 0.25) is 11.9 Å². The zero-order valence-electron chi connectivity index (χ0n) is 14.1. The lowest BCUT2D eigenvalue weighted by atomic mass is 10.3. The van der Waals surface area contributed by atoms with E-state index in [-0.39, 0.29) is 5.91 Å². The molecule has 1 fully saturated rings. The predicted molar refractivity (Wildman–Crippen MR) is 94.7 cm³/mol. The van der Waals surface area contributed by atoms with E-state index in [1.807, 2.05) is 11.8 Å². The summed E-state index contributed by atoms with van der Waals surface area (Å²) < 4.78 is 0. The smallest absolute Gasteiger partial charge is 0.225 e. The van der Waals surface area contributed by atoms with Gasteiger partial charge in [0.25, 0.3) is 0 Å². The number of carbonyl (C=O) groups excluding carboxylic acids is 1. The van der Waals surface area contributed by atoms with Gasteiger partial charge in [-0.2, -0.15) is 0 Å². The van der Waals surface area contributed by atoms with E-state index in [9.17, 15) is 4.79 Å². The molecule has 0 atom stereocenters. The molecule has 130 valence electrons. The number of rotatable bonds is 6. The second-order valence-corrected chi connectivity index (χ2v) is 5.75. The molecule has 24 heavy (non-hydrogen) atoms. The molecule has 0 aromatic carbocycles. The van der Waals surface area contributed by atoms with Crippen molar-refractivity contribution >= 4 is 17.8 Å². The summed E-state index contributed by atoms with van der Waals surface area (Å²) in [5.74, 6) is 1.17. The van der Waals surface area contributed by atoms with E-state index in [2.05, 4.69) is 31.8 Å². The maximum Gasteiger partial charge on any atom is 0.225 e. The van der Waals surface area contributed by atoms with E-state index in [4.69, 9.17) is 5.73 Å². The monoisotopic (exact) mass is 331 g/mol. The van der Waals surface area contributed by atoms with Crippen LogP contribution in [0.1, 0.15) is 13.3 Å². The van der Waals surface area contributed by atoms with Gasteiger partial charge in [0.05, 0.1) is 6.54 Å². The topological polar surface area (TPSA) is 99.7 Å². The first-order chi connectivity index (χ1) is 11.6. The Kier molecular flexibility index (Phi) is 6.53. The summed E-state index contributed by atoms with van der Waals surface area (Å²) in [7, 11) is 0. The number of aliphatic imine (C=N–C) groups is 1. The minimum atomic E-state index is 0.115. The number of nitrogens with one attached hydrogen (secondary N) is 1. The van der Waals surface area contributed by atoms with Crippen LogP contribution in [-0.4, -0.2) is 66.0 Å². The third-order valence-electron chi connectivity index (χ3n) is 3.63. The van der Waals surface area contributed by atoms with Crippen molar-refractivity contribution < 1.29 is 4.79 Å². The zero-order valence-corrected chi connectivity index (χ0v) is 14.1. The molecule has 1 aromatic heterocycles. The highest BCUT2D eigenvalue weighted by molar-refractivity contribution is 5.80. The number of nitrogens with zero attached hydrogens (tertiary/aromatic N) is 5. The molecule has 2 rings (SSSR count). The second-order valence-electron chi connectivity index (χ2n) is 5.75. The van der Waals surface area contributed by atoms with Crippen LogP contribution in [-0.2, 0) is 4.79 Å². The van der Waals surface area contributed by atoms with Crippen molar-refractivity contribution in [3.05, 3.63) is 30.6 Å². The quantitative estimate of drug-likeness (QED) is 0.432. The van der Waals surface area contributed by atoms with Crippen molar-refractivity contribution in [2.75, 3.05) is 44.2 Å². The van der Waals surface area contributed by atoms with Gasteiger partial charge in [-0.25, -0.2) is 15.0 Å². The van der Waals surface area contributed by atoms with E-state index in [1.54, 1.807) is 18.5 Å². The van der Waals surface area contributed by atoms with Gasteiger partial charge in [-0.3, -0.25) is 4.79 Å². The molecule has 0 unspecified atom stereocenters. The highest BCUT2D eigenvalue weighted by atomic mass is 16.2. The molecule has 0 spiro atoms. The molecule has 0 radical (unpaired) electrons. The van der Waals surface area contributed by atoms with Crippen molar-refractivity contribution in [1.29, 1.82) is 0 Å². The fourth-order valence-corrected chi connectivity index (χ4v) is 2.34. The molecule has 1 aliphatic rings. The van der Waals surface area contributed by atoms with Crippen LogP contribution in [0.3, 0.4) is 0 Å². The first-order valence-electron chi connectivity index (χ1n) is 8.04. The van der Waals surface area contributed by atoms with Gasteiger partial charge in [-0.05, 0) is 13.0 Å². The van der Waals surface area contributed by atoms with Gasteiger partial charge in [-0.1, -0.05) is 12.2 Å². The van der Waals surface area contributed by atoms with Crippen LogP contribution in [0, 0.1) is 0 Å². The molecule has 1 aliphatic heterocycles. The summed E-state index contributed by atoms with van der Waals surface area (Å²) in [5.41, 5.74) is 6.66. The van der Waals surface area contributed by atoms with Crippen LogP contribution in [0.2, 0.25) is 0 Å². The van der Waals surface area contributed by atoms with E-state index in [1.165, 1.54) is 0 Å². The Morgan fingerprint density at radius 3 is 2.62 bits per heavy atom. The number of guanidine groups is 1. The minimum absolute atomic E-state index is 0.115. The SMILES string of the molecule is C=C(C)CN=C(N)NCCC(=O)N1CCN(c2ncccn2)CC1. The van der Waals surface area contributed by atoms with Crippen molar-refractivity contribution in [2.45, 2.75) is 13.3 Å². The molecule has 0 aliphatic carbocycles. The van der Waals surface area contributed by atoms with Crippen molar-refractivity contribution in [3.8, 4) is 0 Å². The highest BCUT2D eigenvalue weighted by Gasteiger charge is 2.21. The van der Waals surface area contributed by atoms with Gasteiger partial charge < -0.3 is 20.9 Å². The first-order valence-corrected chi connectivity index (χ1v) is 8.04. The largest absolute Gasteiger partial charge is 0.370 e. The maximum atomic E-state index is 12.2. The Labute approximate surface area is 142 Å². The Bertz CT molecular complexity index is 579. The fraction of sp³-hybridized carbons (Fsp3) is 0.500. The van der Waals surface area contributed by atoms with Gasteiger partial charge in [0, 0.05) is 51.5 Å². The van der Waals surface area contributed by atoms with Crippen LogP contribution < -0.4 is 16.0 Å². The number of anilines is 1. The number of nitrogens with two attached hydrogens (primary N) is 1. The summed E-state index contributed by atoms with van der Waals surface area (Å²) in [6, 6.07) is 1.79. The van der Waals surface area contributed by atoms with Crippen LogP contribution in [0.4, 0.5) is 5.95 Å². The fourth-order valence-electron chi connectivity index (χ4n) is 2.34. The Balaban J connectivity index is 1.69. The van der Waals surface area contributed by atoms with E-state index in [0.29, 0.717) is 44.5 Å². The van der Waals surface area contributed by atoms with Gasteiger partial charge in [-0.15, -0.1) is 0 Å². The van der Waals surface area contributed by atoms with Crippen molar-refractivity contribution in [2.24, 2.45) is 10.7 Å². The molecular formula is C16H25N7O. The lowest BCUT2D eigenvalue weighted by Gasteiger charge is -2.34. The molecule has 1 amide bonds. The molecule has 0 saturated carbocycles. The summed E-state index contributed by atoms with van der Waals surface area (Å²) in [6.07, 6.45) is 3.85. The van der Waals surface area contributed by atoms with Crippen molar-refractivity contribution in [3.63, 3.8) is 0 Å². The Morgan fingerprint density at radius 2 is 2.00 bits per heavy atom. The van der Waals surface area contributed by atoms with Crippen LogP contribution in [0.5, 0.6) is 0 Å². The molecule has 1 saturated heterocycles. The minimum Gasteiger partial charge on any atom is -0.370 e. The number of hydrogen-bond donors (Lipinski definition) is 2. The van der Waals surface area contributed by atoms with E-state index in [0.717, 1.165) is 18.7 Å². The second kappa shape index (κ2) is 8.85. The lowest BCUT2D eigenvalue weighted by molar-refractivity contribution is -0.131. The summed E-state index contributed by atoms with van der Waals surface area (Å²) in [6.45, 7) is 9.46.